The van der Waals surface area contributed by atoms with Crippen LogP contribution in [0.15, 0.2) is 71.7 Å². The van der Waals surface area contributed by atoms with Crippen LogP contribution in [-0.2, 0) is 22.8 Å². The van der Waals surface area contributed by atoms with Crippen LogP contribution >= 0.6 is 0 Å². The van der Waals surface area contributed by atoms with E-state index in [1.807, 2.05) is 42.5 Å². The summed E-state index contributed by atoms with van der Waals surface area (Å²) < 4.78 is 43.8. The average molecular weight is 800 g/mol. The Bertz CT molecular complexity index is 2480. The molecule has 3 saturated heterocycles. The first kappa shape index (κ1) is 38.4. The molecule has 0 aliphatic carbocycles. The van der Waals surface area contributed by atoms with Crippen LogP contribution in [0.4, 0.5) is 30.2 Å². The van der Waals surface area contributed by atoms with E-state index in [9.17, 15) is 37.1 Å². The standard InChI is InChI=1S/C39H40F3N11O5/c1-48-31-19-26(9-10-29(31)53(38(48)58)30-11-12-33(54)46-37(30)57)51-14-13-23(21-51)20-49-15-17-50(18-16-49)24-5-7-25(8-6-24)52-22-28(34(47-52)35(43)55)45-36(56)27-3-2-4-32(44-27)39(40,41)42/h2-10,19,22-23,30H,11-18,20-21H2,1H3,(H2,43,55)(H,45,56)(H,46,54,57). The number of pyridine rings is 1. The molecule has 0 spiro atoms. The summed E-state index contributed by atoms with van der Waals surface area (Å²) >= 11 is 0. The summed E-state index contributed by atoms with van der Waals surface area (Å²) in [5.41, 5.74) is 7.17. The van der Waals surface area contributed by atoms with Gasteiger partial charge in [0, 0.05) is 70.7 Å². The topological polar surface area (TPSA) is 186 Å². The van der Waals surface area contributed by atoms with Crippen molar-refractivity contribution in [3.05, 3.63) is 94.4 Å². The predicted octanol–water partition coefficient (Wildman–Crippen LogP) is 2.92. The summed E-state index contributed by atoms with van der Waals surface area (Å²) in [4.78, 5) is 72.9. The number of nitrogens with one attached hydrogen (secondary N) is 2. The fourth-order valence-corrected chi connectivity index (χ4v) is 8.05. The minimum absolute atomic E-state index is 0.0722. The SMILES string of the molecule is Cn1c(=O)n(C2CCC(=O)NC2=O)c2ccc(N3CCC(CN4CCN(c5ccc(-n6cc(NC(=O)c7cccc(C(F)(F)F)n7)c(C(N)=O)n6)cc5)CC4)C3)cc21. The Kier molecular flexibility index (Phi) is 10.00. The largest absolute Gasteiger partial charge is 0.433 e. The Morgan fingerprint density at radius 1 is 0.897 bits per heavy atom. The molecule has 16 nitrogen and oxygen atoms in total. The van der Waals surface area contributed by atoms with Gasteiger partial charge >= 0.3 is 11.9 Å². The fourth-order valence-electron chi connectivity index (χ4n) is 8.05. The van der Waals surface area contributed by atoms with Gasteiger partial charge in [0.05, 0.1) is 28.6 Å². The summed E-state index contributed by atoms with van der Waals surface area (Å²) in [6, 6.07) is 15.6. The zero-order chi connectivity index (χ0) is 40.9. The lowest BCUT2D eigenvalue weighted by molar-refractivity contribution is -0.141. The number of fused-ring (bicyclic) bond motifs is 1. The number of primary amides is 1. The van der Waals surface area contributed by atoms with E-state index in [-0.39, 0.29) is 35.8 Å². The van der Waals surface area contributed by atoms with Gasteiger partial charge in [-0.1, -0.05) is 6.07 Å². The number of piperidine rings is 1. The molecule has 0 bridgehead atoms. The van der Waals surface area contributed by atoms with Gasteiger partial charge in [0.1, 0.15) is 17.4 Å². The van der Waals surface area contributed by atoms with E-state index in [2.05, 4.69) is 35.4 Å². The number of hydrogen-bond acceptors (Lipinski definition) is 10. The van der Waals surface area contributed by atoms with Gasteiger partial charge in [0.15, 0.2) is 5.69 Å². The smallest absolute Gasteiger partial charge is 0.371 e. The third-order valence-electron chi connectivity index (χ3n) is 11.1. The monoisotopic (exact) mass is 799 g/mol. The second-order valence-corrected chi connectivity index (χ2v) is 14.8. The second kappa shape index (κ2) is 15.1. The number of benzene rings is 2. The van der Waals surface area contributed by atoms with Gasteiger partial charge in [0.2, 0.25) is 11.8 Å². The van der Waals surface area contributed by atoms with Gasteiger partial charge < -0.3 is 20.9 Å². The molecule has 3 aliphatic rings. The maximum absolute atomic E-state index is 13.2. The van der Waals surface area contributed by atoms with Crippen molar-refractivity contribution in [2.75, 3.05) is 60.9 Å². The highest BCUT2D eigenvalue weighted by Gasteiger charge is 2.34. The number of imidazole rings is 1. The molecule has 0 radical (unpaired) electrons. The first-order chi connectivity index (χ1) is 27.7. The van der Waals surface area contributed by atoms with Crippen LogP contribution in [0, 0.1) is 5.92 Å². The Balaban J connectivity index is 0.859. The van der Waals surface area contributed by atoms with Crippen LogP contribution in [0.1, 0.15) is 52.0 Å². The van der Waals surface area contributed by atoms with Crippen molar-refractivity contribution < 1.29 is 32.3 Å². The number of imide groups is 1. The van der Waals surface area contributed by atoms with E-state index in [4.69, 9.17) is 5.73 Å². The molecule has 302 valence electrons. The number of alkyl halides is 3. The lowest BCUT2D eigenvalue weighted by Gasteiger charge is -2.37. The first-order valence-electron chi connectivity index (χ1n) is 18.9. The van der Waals surface area contributed by atoms with Crippen LogP contribution in [0.25, 0.3) is 16.7 Å². The molecule has 2 atom stereocenters. The zero-order valence-electron chi connectivity index (χ0n) is 31.4. The highest BCUT2D eigenvalue weighted by atomic mass is 19.4. The Labute approximate surface area is 329 Å². The van der Waals surface area contributed by atoms with Crippen molar-refractivity contribution in [1.29, 1.82) is 0 Å². The number of halogens is 3. The van der Waals surface area contributed by atoms with Crippen LogP contribution in [0.2, 0.25) is 0 Å². The quantitative estimate of drug-likeness (QED) is 0.187. The molecule has 4 N–H and O–H groups in total. The number of hydrogen-bond donors (Lipinski definition) is 3. The number of aromatic nitrogens is 5. The number of carbonyl (C=O) groups excluding carboxylic acids is 4. The highest BCUT2D eigenvalue weighted by Crippen LogP contribution is 2.31. The van der Waals surface area contributed by atoms with Crippen LogP contribution in [0.5, 0.6) is 0 Å². The lowest BCUT2D eigenvalue weighted by Crippen LogP contribution is -2.48. The fraction of sp³-hybridized carbons (Fsp3) is 0.359. The number of nitrogens with two attached hydrogens (primary N) is 1. The molecule has 3 aromatic heterocycles. The summed E-state index contributed by atoms with van der Waals surface area (Å²) in [6.45, 7) is 6.13. The Morgan fingerprint density at radius 2 is 1.62 bits per heavy atom. The minimum atomic E-state index is -4.74. The predicted molar refractivity (Wildman–Crippen MR) is 207 cm³/mol. The van der Waals surface area contributed by atoms with Crippen LogP contribution in [0.3, 0.4) is 0 Å². The molecule has 3 fully saturated rings. The van der Waals surface area contributed by atoms with Gasteiger partial charge in [-0.15, -0.1) is 0 Å². The third-order valence-corrected chi connectivity index (χ3v) is 11.1. The molecule has 8 rings (SSSR count). The highest BCUT2D eigenvalue weighted by molar-refractivity contribution is 6.07. The molecule has 4 amide bonds. The number of piperazine rings is 1. The van der Waals surface area contributed by atoms with Crippen molar-refractivity contribution >= 4 is 51.7 Å². The van der Waals surface area contributed by atoms with E-state index in [1.165, 1.54) is 15.4 Å². The molecule has 19 heteroatoms. The molecule has 5 aromatic rings. The molecule has 3 aliphatic heterocycles. The van der Waals surface area contributed by atoms with E-state index in [1.54, 1.807) is 11.6 Å². The Morgan fingerprint density at radius 3 is 2.33 bits per heavy atom. The third kappa shape index (κ3) is 7.51. The zero-order valence-corrected chi connectivity index (χ0v) is 31.4. The Hall–Kier alpha value is -6.50. The molecule has 2 aromatic carbocycles. The van der Waals surface area contributed by atoms with E-state index < -0.39 is 41.3 Å². The summed E-state index contributed by atoms with van der Waals surface area (Å²) in [7, 11) is 1.70. The van der Waals surface area contributed by atoms with Crippen LogP contribution < -0.4 is 31.9 Å². The number of anilines is 3. The normalized spacial score (nSPS) is 19.2. The number of amides is 4. The van der Waals surface area contributed by atoms with Crippen molar-refractivity contribution in [3.63, 3.8) is 0 Å². The number of carbonyl (C=O) groups is 4. The second-order valence-electron chi connectivity index (χ2n) is 14.8. The van der Waals surface area contributed by atoms with Gasteiger partial charge in [-0.05, 0) is 73.4 Å². The molecule has 0 saturated carbocycles. The molecular weight excluding hydrogens is 759 g/mol. The number of nitrogens with zero attached hydrogens (tertiary/aromatic N) is 8. The minimum Gasteiger partial charge on any atom is -0.371 e. The molecule has 6 heterocycles. The van der Waals surface area contributed by atoms with Crippen molar-refractivity contribution in [1.82, 2.24) is 34.1 Å². The van der Waals surface area contributed by atoms with Gasteiger partial charge in [-0.2, -0.15) is 18.3 Å². The summed E-state index contributed by atoms with van der Waals surface area (Å²) in [5, 5.41) is 8.97. The molecular formula is C39H40F3N11O5. The lowest BCUT2D eigenvalue weighted by atomic mass is 10.1. The summed E-state index contributed by atoms with van der Waals surface area (Å²) in [6.07, 6.45) is -1.86. The number of aryl methyl sites for hydroxylation is 1. The van der Waals surface area contributed by atoms with E-state index in [0.717, 1.165) is 87.3 Å². The van der Waals surface area contributed by atoms with Crippen molar-refractivity contribution in [3.8, 4) is 5.69 Å². The maximum atomic E-state index is 13.2. The average Bonchev–Trinajstić information content (AvgIpc) is 3.92. The summed E-state index contributed by atoms with van der Waals surface area (Å²) in [5.74, 6) is -2.20. The first-order valence-corrected chi connectivity index (χ1v) is 18.9. The van der Waals surface area contributed by atoms with Gasteiger partial charge in [-0.25, -0.2) is 14.5 Å². The van der Waals surface area contributed by atoms with E-state index in [0.29, 0.717) is 17.1 Å². The molecule has 58 heavy (non-hydrogen) atoms. The van der Waals surface area contributed by atoms with Crippen molar-refractivity contribution in [2.24, 2.45) is 18.7 Å². The number of rotatable bonds is 9. The van der Waals surface area contributed by atoms with Gasteiger partial charge in [-0.3, -0.25) is 38.5 Å². The molecule has 2 unspecified atom stereocenters. The van der Waals surface area contributed by atoms with E-state index >= 15 is 0 Å². The van der Waals surface area contributed by atoms with Crippen LogP contribution in [-0.4, -0.2) is 98.2 Å². The van der Waals surface area contributed by atoms with Crippen molar-refractivity contribution in [2.45, 2.75) is 31.5 Å². The van der Waals surface area contributed by atoms with Gasteiger partial charge in [0.25, 0.3) is 11.8 Å². The maximum Gasteiger partial charge on any atom is 0.433 e.